The summed E-state index contributed by atoms with van der Waals surface area (Å²) in [6.07, 6.45) is 2.81. The highest BCUT2D eigenvalue weighted by molar-refractivity contribution is 5.79. The molecule has 0 atom stereocenters. The molecule has 30 heavy (non-hydrogen) atoms. The molecule has 0 fully saturated rings. The Morgan fingerprint density at radius 2 is 1.73 bits per heavy atom. The molecule has 0 saturated heterocycles. The second kappa shape index (κ2) is 8.62. The first-order valence-electron chi connectivity index (χ1n) is 9.62. The highest BCUT2D eigenvalue weighted by Gasteiger charge is 2.28. The molecule has 0 aromatic heterocycles. The van der Waals surface area contributed by atoms with Gasteiger partial charge in [0, 0.05) is 12.5 Å². The lowest BCUT2D eigenvalue weighted by Gasteiger charge is -2.14. The Balaban J connectivity index is 1.34. The summed E-state index contributed by atoms with van der Waals surface area (Å²) < 4.78 is 18.9. The molecule has 0 spiro atoms. The maximum Gasteiger partial charge on any atom is 0.407 e. The Morgan fingerprint density at radius 3 is 2.40 bits per heavy atom. The molecule has 1 aliphatic carbocycles. The lowest BCUT2D eigenvalue weighted by Crippen LogP contribution is -2.26. The van der Waals surface area contributed by atoms with Crippen LogP contribution in [0, 0.1) is 17.1 Å². The second-order valence-electron chi connectivity index (χ2n) is 6.99. The van der Waals surface area contributed by atoms with E-state index >= 15 is 0 Å². The largest absolute Gasteiger partial charge is 0.449 e. The van der Waals surface area contributed by atoms with Gasteiger partial charge in [-0.25, -0.2) is 9.18 Å². The van der Waals surface area contributed by atoms with Crippen LogP contribution in [0.2, 0.25) is 0 Å². The number of carbonyl (C=O) groups is 1. The van der Waals surface area contributed by atoms with E-state index in [2.05, 4.69) is 29.6 Å². The second-order valence-corrected chi connectivity index (χ2v) is 6.99. The fourth-order valence-corrected chi connectivity index (χ4v) is 3.76. The van der Waals surface area contributed by atoms with Gasteiger partial charge in [-0.15, -0.1) is 0 Å². The smallest absolute Gasteiger partial charge is 0.407 e. The third kappa shape index (κ3) is 4.08. The van der Waals surface area contributed by atoms with Gasteiger partial charge < -0.3 is 10.1 Å². The van der Waals surface area contributed by atoms with Crippen LogP contribution < -0.4 is 5.32 Å². The first-order chi connectivity index (χ1) is 14.7. The van der Waals surface area contributed by atoms with Crippen LogP contribution in [0.15, 0.2) is 72.8 Å². The summed E-state index contributed by atoms with van der Waals surface area (Å²) in [5.74, 6) is -0.464. The van der Waals surface area contributed by atoms with Crippen molar-refractivity contribution in [3.05, 3.63) is 101 Å². The van der Waals surface area contributed by atoms with E-state index in [-0.39, 0.29) is 24.6 Å². The molecule has 1 N–H and O–H groups in total. The molecule has 0 aliphatic heterocycles. The molecule has 0 radical (unpaired) electrons. The van der Waals surface area contributed by atoms with Crippen molar-refractivity contribution in [3.8, 4) is 17.2 Å². The van der Waals surface area contributed by atoms with Crippen LogP contribution in [-0.2, 0) is 4.74 Å². The number of hydrogen-bond donors (Lipinski definition) is 1. The summed E-state index contributed by atoms with van der Waals surface area (Å²) in [4.78, 5) is 12.1. The molecule has 5 heteroatoms. The van der Waals surface area contributed by atoms with Crippen LogP contribution in [0.25, 0.3) is 17.2 Å². The lowest BCUT2D eigenvalue weighted by molar-refractivity contribution is 0.144. The number of amides is 1. The molecule has 4 nitrogen and oxygen atoms in total. The molecule has 0 saturated carbocycles. The molecular formula is C25H19FN2O2. The average molecular weight is 398 g/mol. The van der Waals surface area contributed by atoms with E-state index in [1.807, 2.05) is 30.3 Å². The Hall–Kier alpha value is -3.91. The standard InChI is InChI=1S/C25H19FN2O2/c26-19-13-17(12-18(14-19)15-27)6-5-11-28-25(29)30-16-24-22-9-3-1-7-20(22)21-8-2-4-10-23(21)24/h1-10,12-14,24H,11,16H2,(H,28,29). The number of nitrogens with one attached hydrogen (secondary N) is 1. The van der Waals surface area contributed by atoms with Gasteiger partial charge in [0.05, 0.1) is 11.6 Å². The number of carbonyl (C=O) groups excluding carboxylic acids is 1. The molecule has 0 bridgehead atoms. The van der Waals surface area contributed by atoms with Crippen LogP contribution in [0.1, 0.15) is 28.2 Å². The van der Waals surface area contributed by atoms with Crippen molar-refractivity contribution in [2.24, 2.45) is 0 Å². The molecule has 3 aromatic rings. The Morgan fingerprint density at radius 1 is 1.07 bits per heavy atom. The van der Waals surface area contributed by atoms with Crippen molar-refractivity contribution in [1.29, 1.82) is 5.26 Å². The van der Waals surface area contributed by atoms with E-state index in [0.717, 1.165) is 11.1 Å². The number of ether oxygens (including phenoxy) is 1. The zero-order valence-corrected chi connectivity index (χ0v) is 16.1. The predicted octanol–water partition coefficient (Wildman–Crippen LogP) is 5.25. The summed E-state index contributed by atoms with van der Waals surface area (Å²) in [6, 6.07) is 22.3. The van der Waals surface area contributed by atoms with Gasteiger partial charge in [-0.3, -0.25) is 0 Å². The van der Waals surface area contributed by atoms with Gasteiger partial charge >= 0.3 is 6.09 Å². The van der Waals surface area contributed by atoms with Crippen molar-refractivity contribution in [3.63, 3.8) is 0 Å². The first-order valence-corrected chi connectivity index (χ1v) is 9.62. The summed E-state index contributed by atoms with van der Waals surface area (Å²) in [5.41, 5.74) is 5.48. The Kier molecular flexibility index (Phi) is 5.58. The molecular weight excluding hydrogens is 379 g/mol. The summed E-state index contributed by atoms with van der Waals surface area (Å²) in [7, 11) is 0. The normalized spacial score (nSPS) is 12.3. The zero-order valence-electron chi connectivity index (χ0n) is 16.1. The number of rotatable bonds is 5. The number of halogens is 1. The van der Waals surface area contributed by atoms with Gasteiger partial charge in [-0.1, -0.05) is 60.7 Å². The minimum Gasteiger partial charge on any atom is -0.449 e. The monoisotopic (exact) mass is 398 g/mol. The average Bonchev–Trinajstić information content (AvgIpc) is 3.09. The minimum atomic E-state index is -0.515. The SMILES string of the molecule is N#Cc1cc(F)cc(C=CCNC(=O)OCC2c3ccccc3-c3ccccc32)c1. The van der Waals surface area contributed by atoms with Crippen molar-refractivity contribution in [2.75, 3.05) is 13.2 Å². The fraction of sp³-hybridized carbons (Fsp3) is 0.120. The number of nitriles is 1. The van der Waals surface area contributed by atoms with Crippen LogP contribution in [0.3, 0.4) is 0 Å². The van der Waals surface area contributed by atoms with E-state index in [1.54, 1.807) is 18.2 Å². The van der Waals surface area contributed by atoms with Gasteiger partial charge in [0.1, 0.15) is 12.4 Å². The van der Waals surface area contributed by atoms with Crippen LogP contribution in [0.5, 0.6) is 0 Å². The number of benzene rings is 3. The first kappa shape index (κ1) is 19.4. The van der Waals surface area contributed by atoms with Crippen LogP contribution in [-0.4, -0.2) is 19.2 Å². The number of fused-ring (bicyclic) bond motifs is 3. The molecule has 3 aromatic carbocycles. The maximum atomic E-state index is 13.4. The quantitative estimate of drug-likeness (QED) is 0.639. The minimum absolute atomic E-state index is 0.00962. The molecule has 0 unspecified atom stereocenters. The predicted molar refractivity (Wildman–Crippen MR) is 113 cm³/mol. The summed E-state index contributed by atoms with van der Waals surface area (Å²) in [5, 5.41) is 11.5. The van der Waals surface area contributed by atoms with E-state index in [0.29, 0.717) is 5.56 Å². The third-order valence-corrected chi connectivity index (χ3v) is 5.07. The highest BCUT2D eigenvalue weighted by Crippen LogP contribution is 2.44. The van der Waals surface area contributed by atoms with Crippen LogP contribution in [0.4, 0.5) is 9.18 Å². The van der Waals surface area contributed by atoms with E-state index in [1.165, 1.54) is 23.3 Å². The number of hydrogen-bond acceptors (Lipinski definition) is 3. The summed E-state index contributed by atoms with van der Waals surface area (Å²) in [6.45, 7) is 0.480. The molecule has 1 amide bonds. The maximum absolute atomic E-state index is 13.4. The third-order valence-electron chi connectivity index (χ3n) is 5.07. The zero-order chi connectivity index (χ0) is 20.9. The van der Waals surface area contributed by atoms with Gasteiger partial charge in [0.25, 0.3) is 0 Å². The molecule has 148 valence electrons. The van der Waals surface area contributed by atoms with Gasteiger partial charge in [-0.05, 0) is 46.0 Å². The van der Waals surface area contributed by atoms with Gasteiger partial charge in [-0.2, -0.15) is 5.26 Å². The van der Waals surface area contributed by atoms with Crippen LogP contribution >= 0.6 is 0 Å². The van der Waals surface area contributed by atoms with Crippen molar-refractivity contribution in [1.82, 2.24) is 5.32 Å². The van der Waals surface area contributed by atoms with Crippen molar-refractivity contribution in [2.45, 2.75) is 5.92 Å². The topological polar surface area (TPSA) is 62.1 Å². The fourth-order valence-electron chi connectivity index (χ4n) is 3.76. The summed E-state index contributed by atoms with van der Waals surface area (Å²) >= 11 is 0. The molecule has 0 heterocycles. The van der Waals surface area contributed by atoms with E-state index < -0.39 is 11.9 Å². The van der Waals surface area contributed by atoms with Gasteiger partial charge in [0.15, 0.2) is 0 Å². The highest BCUT2D eigenvalue weighted by atomic mass is 19.1. The van der Waals surface area contributed by atoms with E-state index in [9.17, 15) is 9.18 Å². The molecule has 4 rings (SSSR count). The lowest BCUT2D eigenvalue weighted by atomic mass is 9.98. The van der Waals surface area contributed by atoms with Crippen molar-refractivity contribution >= 4 is 12.2 Å². The van der Waals surface area contributed by atoms with Crippen molar-refractivity contribution < 1.29 is 13.9 Å². The van der Waals surface area contributed by atoms with Gasteiger partial charge in [0.2, 0.25) is 0 Å². The molecule has 1 aliphatic rings. The number of nitrogens with zero attached hydrogens (tertiary/aromatic N) is 1. The number of alkyl carbamates (subject to hydrolysis) is 1. The Labute approximate surface area is 174 Å². The Bertz CT molecular complexity index is 1120. The van der Waals surface area contributed by atoms with E-state index in [4.69, 9.17) is 10.00 Å².